The lowest BCUT2D eigenvalue weighted by molar-refractivity contribution is -0.127. The van der Waals surface area contributed by atoms with Gasteiger partial charge in [-0.05, 0) is 31.1 Å². The van der Waals surface area contributed by atoms with Crippen molar-refractivity contribution in [1.82, 2.24) is 4.90 Å². The van der Waals surface area contributed by atoms with Crippen molar-refractivity contribution >= 4 is 12.0 Å². The first-order valence-electron chi connectivity index (χ1n) is 7.27. The molecule has 21 heavy (non-hydrogen) atoms. The summed E-state index contributed by atoms with van der Waals surface area (Å²) < 4.78 is 0. The summed E-state index contributed by atoms with van der Waals surface area (Å²) in [4.78, 5) is 14.4. The Morgan fingerprint density at radius 1 is 1.00 bits per heavy atom. The predicted octanol–water partition coefficient (Wildman–Crippen LogP) is 4.14. The Hall–Kier alpha value is -2.35. The van der Waals surface area contributed by atoms with Crippen molar-refractivity contribution in [2.45, 2.75) is 20.4 Å². The van der Waals surface area contributed by atoms with Gasteiger partial charge in [0.2, 0.25) is 5.91 Å². The lowest BCUT2D eigenvalue weighted by Gasteiger charge is -2.21. The quantitative estimate of drug-likeness (QED) is 0.753. The third kappa shape index (κ3) is 4.32. The van der Waals surface area contributed by atoms with E-state index in [4.69, 9.17) is 0 Å². The highest BCUT2D eigenvalue weighted by molar-refractivity contribution is 5.97. The lowest BCUT2D eigenvalue weighted by Crippen LogP contribution is -2.30. The summed E-state index contributed by atoms with van der Waals surface area (Å²) in [6, 6.07) is 20.0. The molecular formula is C19H21NO. The van der Waals surface area contributed by atoms with Gasteiger partial charge < -0.3 is 4.90 Å². The molecule has 0 aromatic heterocycles. The van der Waals surface area contributed by atoms with Gasteiger partial charge in [0.05, 0.1) is 0 Å². The molecule has 0 bridgehead atoms. The molecule has 0 aliphatic carbocycles. The van der Waals surface area contributed by atoms with Gasteiger partial charge in [-0.1, -0.05) is 60.7 Å². The van der Waals surface area contributed by atoms with Crippen LogP contribution in [0.5, 0.6) is 0 Å². The molecule has 0 radical (unpaired) electrons. The Morgan fingerprint density at radius 2 is 1.57 bits per heavy atom. The first-order valence-corrected chi connectivity index (χ1v) is 7.27. The van der Waals surface area contributed by atoms with E-state index in [9.17, 15) is 4.79 Å². The fraction of sp³-hybridized carbons (Fsp3) is 0.211. The van der Waals surface area contributed by atoms with Crippen LogP contribution < -0.4 is 0 Å². The van der Waals surface area contributed by atoms with Crippen molar-refractivity contribution in [2.75, 3.05) is 6.54 Å². The van der Waals surface area contributed by atoms with Crippen LogP contribution in [0.3, 0.4) is 0 Å². The Kier molecular flexibility index (Phi) is 5.33. The van der Waals surface area contributed by atoms with E-state index in [0.717, 1.165) is 16.7 Å². The number of hydrogen-bond donors (Lipinski definition) is 0. The molecule has 108 valence electrons. The van der Waals surface area contributed by atoms with Gasteiger partial charge in [-0.25, -0.2) is 0 Å². The van der Waals surface area contributed by atoms with Crippen molar-refractivity contribution in [3.63, 3.8) is 0 Å². The zero-order valence-electron chi connectivity index (χ0n) is 12.6. The predicted molar refractivity (Wildman–Crippen MR) is 87.6 cm³/mol. The number of rotatable bonds is 5. The molecule has 0 unspecified atom stereocenters. The van der Waals surface area contributed by atoms with Crippen LogP contribution in [0.15, 0.2) is 66.2 Å². The SMILES string of the molecule is CCN(Cc1ccccc1)C(=O)/C(C)=C/c1ccccc1. The van der Waals surface area contributed by atoms with Crippen LogP contribution in [-0.2, 0) is 11.3 Å². The minimum absolute atomic E-state index is 0.0882. The molecule has 0 fully saturated rings. The Bertz CT molecular complexity index is 602. The summed E-state index contributed by atoms with van der Waals surface area (Å²) in [5.74, 6) is 0.0882. The molecule has 0 saturated heterocycles. The summed E-state index contributed by atoms with van der Waals surface area (Å²) in [7, 11) is 0. The standard InChI is InChI=1S/C19H21NO/c1-3-20(15-18-12-8-5-9-13-18)19(21)16(2)14-17-10-6-4-7-11-17/h4-14H,3,15H2,1-2H3/b16-14+. The maximum atomic E-state index is 12.5. The fourth-order valence-electron chi connectivity index (χ4n) is 2.24. The largest absolute Gasteiger partial charge is 0.335 e. The molecule has 0 N–H and O–H groups in total. The fourth-order valence-corrected chi connectivity index (χ4v) is 2.24. The summed E-state index contributed by atoms with van der Waals surface area (Å²) in [5.41, 5.74) is 2.97. The molecule has 2 aromatic carbocycles. The molecule has 0 aliphatic heterocycles. The first kappa shape index (κ1) is 15.0. The molecule has 0 spiro atoms. The van der Waals surface area contributed by atoms with E-state index < -0.39 is 0 Å². The van der Waals surface area contributed by atoms with Gasteiger partial charge in [0, 0.05) is 18.7 Å². The van der Waals surface area contributed by atoms with Crippen molar-refractivity contribution < 1.29 is 4.79 Å². The van der Waals surface area contributed by atoms with E-state index in [-0.39, 0.29) is 5.91 Å². The van der Waals surface area contributed by atoms with E-state index in [0.29, 0.717) is 13.1 Å². The monoisotopic (exact) mass is 279 g/mol. The lowest BCUT2D eigenvalue weighted by atomic mass is 10.1. The second kappa shape index (κ2) is 7.44. The molecular weight excluding hydrogens is 258 g/mol. The van der Waals surface area contributed by atoms with Crippen LogP contribution in [0, 0.1) is 0 Å². The molecule has 0 heterocycles. The average molecular weight is 279 g/mol. The molecule has 2 aromatic rings. The zero-order chi connectivity index (χ0) is 15.1. The van der Waals surface area contributed by atoms with Gasteiger partial charge in [0.25, 0.3) is 0 Å². The maximum Gasteiger partial charge on any atom is 0.249 e. The first-order chi connectivity index (χ1) is 10.2. The molecule has 0 atom stereocenters. The summed E-state index contributed by atoms with van der Waals surface area (Å²) in [6.07, 6.45) is 1.94. The third-order valence-electron chi connectivity index (χ3n) is 3.41. The number of carbonyl (C=O) groups is 1. The van der Waals surface area contributed by atoms with Gasteiger partial charge in [-0.15, -0.1) is 0 Å². The highest BCUT2D eigenvalue weighted by atomic mass is 16.2. The summed E-state index contributed by atoms with van der Waals surface area (Å²) >= 11 is 0. The van der Waals surface area contributed by atoms with E-state index in [1.165, 1.54) is 0 Å². The van der Waals surface area contributed by atoms with Crippen LogP contribution in [0.2, 0.25) is 0 Å². The van der Waals surface area contributed by atoms with E-state index in [1.807, 2.05) is 85.5 Å². The number of amides is 1. The third-order valence-corrected chi connectivity index (χ3v) is 3.41. The van der Waals surface area contributed by atoms with Gasteiger partial charge in [0.1, 0.15) is 0 Å². The molecule has 2 rings (SSSR count). The molecule has 2 heteroatoms. The number of hydrogen-bond acceptors (Lipinski definition) is 1. The minimum Gasteiger partial charge on any atom is -0.335 e. The van der Waals surface area contributed by atoms with Gasteiger partial charge in [-0.3, -0.25) is 4.79 Å². The smallest absolute Gasteiger partial charge is 0.249 e. The van der Waals surface area contributed by atoms with E-state index in [2.05, 4.69) is 0 Å². The Labute approximate surface area is 126 Å². The second-order valence-corrected chi connectivity index (χ2v) is 5.04. The Balaban J connectivity index is 2.11. The topological polar surface area (TPSA) is 20.3 Å². The molecule has 0 aliphatic rings. The van der Waals surface area contributed by atoms with Gasteiger partial charge in [-0.2, -0.15) is 0 Å². The van der Waals surface area contributed by atoms with Crippen LogP contribution >= 0.6 is 0 Å². The normalized spacial score (nSPS) is 11.2. The number of benzene rings is 2. The molecule has 0 saturated carbocycles. The summed E-state index contributed by atoms with van der Waals surface area (Å²) in [6.45, 7) is 5.24. The highest BCUT2D eigenvalue weighted by Gasteiger charge is 2.13. The maximum absolute atomic E-state index is 12.5. The van der Waals surface area contributed by atoms with Crippen molar-refractivity contribution in [3.05, 3.63) is 77.4 Å². The molecule has 2 nitrogen and oxygen atoms in total. The van der Waals surface area contributed by atoms with Crippen LogP contribution in [0.1, 0.15) is 25.0 Å². The minimum atomic E-state index is 0.0882. The van der Waals surface area contributed by atoms with Gasteiger partial charge >= 0.3 is 0 Å². The van der Waals surface area contributed by atoms with E-state index >= 15 is 0 Å². The Morgan fingerprint density at radius 3 is 2.14 bits per heavy atom. The van der Waals surface area contributed by atoms with Crippen molar-refractivity contribution in [3.8, 4) is 0 Å². The van der Waals surface area contributed by atoms with E-state index in [1.54, 1.807) is 0 Å². The number of likely N-dealkylation sites (N-methyl/N-ethyl adjacent to an activating group) is 1. The van der Waals surface area contributed by atoms with Crippen LogP contribution in [-0.4, -0.2) is 17.4 Å². The second-order valence-electron chi connectivity index (χ2n) is 5.04. The average Bonchev–Trinajstić information content (AvgIpc) is 2.54. The molecule has 1 amide bonds. The zero-order valence-corrected chi connectivity index (χ0v) is 12.6. The van der Waals surface area contributed by atoms with Gasteiger partial charge in [0.15, 0.2) is 0 Å². The highest BCUT2D eigenvalue weighted by Crippen LogP contribution is 2.12. The number of carbonyl (C=O) groups excluding carboxylic acids is 1. The summed E-state index contributed by atoms with van der Waals surface area (Å²) in [5, 5.41) is 0. The van der Waals surface area contributed by atoms with Crippen LogP contribution in [0.4, 0.5) is 0 Å². The van der Waals surface area contributed by atoms with Crippen molar-refractivity contribution in [1.29, 1.82) is 0 Å². The number of nitrogens with zero attached hydrogens (tertiary/aromatic N) is 1. The van der Waals surface area contributed by atoms with Crippen LogP contribution in [0.25, 0.3) is 6.08 Å². The van der Waals surface area contributed by atoms with Crippen molar-refractivity contribution in [2.24, 2.45) is 0 Å².